The Labute approximate surface area is 139 Å². The number of benzene rings is 1. The summed E-state index contributed by atoms with van der Waals surface area (Å²) in [6.45, 7) is 1.39. The standard InChI is InChI=1S/C17H20N4O3/c1-19-13-9-21(10-14(13)24-8-7-15(19)22)17(23)16-11-5-3-4-6-12(11)20(2)18-16/h3-6,13-14H,7-10H2,1-2H3/t13-,14-/m0/s1. The van der Waals surface area contributed by atoms with Crippen molar-refractivity contribution in [3.8, 4) is 0 Å². The van der Waals surface area contributed by atoms with E-state index in [4.69, 9.17) is 4.74 Å². The number of amides is 2. The monoisotopic (exact) mass is 328 g/mol. The van der Waals surface area contributed by atoms with Crippen molar-refractivity contribution >= 4 is 22.7 Å². The second-order valence-corrected chi connectivity index (χ2v) is 6.43. The molecule has 2 aromatic rings. The van der Waals surface area contributed by atoms with Crippen LogP contribution in [0.1, 0.15) is 16.9 Å². The van der Waals surface area contributed by atoms with Crippen LogP contribution in [0.5, 0.6) is 0 Å². The molecule has 1 aromatic carbocycles. The van der Waals surface area contributed by atoms with Crippen LogP contribution in [0.3, 0.4) is 0 Å². The maximum Gasteiger partial charge on any atom is 0.275 e. The van der Waals surface area contributed by atoms with Gasteiger partial charge in [0, 0.05) is 32.6 Å². The number of carbonyl (C=O) groups is 2. The number of nitrogens with zero attached hydrogens (tertiary/aromatic N) is 4. The predicted octanol–water partition coefficient (Wildman–Crippen LogP) is 0.645. The molecule has 1 aromatic heterocycles. The van der Waals surface area contributed by atoms with E-state index in [0.29, 0.717) is 31.8 Å². The van der Waals surface area contributed by atoms with Crippen molar-refractivity contribution in [1.29, 1.82) is 0 Å². The summed E-state index contributed by atoms with van der Waals surface area (Å²) in [5.74, 6) is -0.0376. The van der Waals surface area contributed by atoms with Gasteiger partial charge in [0.25, 0.3) is 5.91 Å². The smallest absolute Gasteiger partial charge is 0.275 e. The van der Waals surface area contributed by atoms with E-state index in [1.54, 1.807) is 21.5 Å². The Morgan fingerprint density at radius 2 is 2.04 bits per heavy atom. The van der Waals surface area contributed by atoms with E-state index in [0.717, 1.165) is 10.9 Å². The first-order valence-corrected chi connectivity index (χ1v) is 8.14. The maximum absolute atomic E-state index is 13.0. The van der Waals surface area contributed by atoms with Gasteiger partial charge in [-0.05, 0) is 6.07 Å². The van der Waals surface area contributed by atoms with Crippen LogP contribution in [0, 0.1) is 0 Å². The molecular formula is C17H20N4O3. The number of hydrogen-bond donors (Lipinski definition) is 0. The lowest BCUT2D eigenvalue weighted by Gasteiger charge is -2.24. The van der Waals surface area contributed by atoms with Gasteiger partial charge in [-0.3, -0.25) is 14.3 Å². The van der Waals surface area contributed by atoms with Crippen LogP contribution in [-0.2, 0) is 16.6 Å². The first kappa shape index (κ1) is 15.1. The van der Waals surface area contributed by atoms with Crippen molar-refractivity contribution in [1.82, 2.24) is 19.6 Å². The number of ether oxygens (including phenoxy) is 1. The summed E-state index contributed by atoms with van der Waals surface area (Å²) in [6, 6.07) is 7.61. The topological polar surface area (TPSA) is 67.7 Å². The molecular weight excluding hydrogens is 308 g/mol. The molecule has 24 heavy (non-hydrogen) atoms. The minimum absolute atomic E-state index is 0.0695. The van der Waals surface area contributed by atoms with Gasteiger partial charge >= 0.3 is 0 Å². The van der Waals surface area contributed by atoms with Gasteiger partial charge in [-0.25, -0.2) is 0 Å². The van der Waals surface area contributed by atoms with Crippen LogP contribution in [0.25, 0.3) is 10.9 Å². The lowest BCUT2D eigenvalue weighted by Crippen LogP contribution is -2.43. The third-order valence-electron chi connectivity index (χ3n) is 5.02. The number of likely N-dealkylation sites (N-methyl/N-ethyl adjacent to an activating group) is 1. The number of carbonyl (C=O) groups excluding carboxylic acids is 2. The van der Waals surface area contributed by atoms with E-state index >= 15 is 0 Å². The average Bonchev–Trinajstić information content (AvgIpc) is 3.12. The number of rotatable bonds is 1. The molecule has 0 unspecified atom stereocenters. The second-order valence-electron chi connectivity index (χ2n) is 6.43. The van der Waals surface area contributed by atoms with Gasteiger partial charge in [-0.2, -0.15) is 5.10 Å². The third kappa shape index (κ3) is 2.27. The molecule has 126 valence electrons. The van der Waals surface area contributed by atoms with E-state index in [9.17, 15) is 9.59 Å². The number of para-hydroxylation sites is 1. The summed E-state index contributed by atoms with van der Waals surface area (Å²) in [6.07, 6.45) is 0.280. The van der Waals surface area contributed by atoms with E-state index < -0.39 is 0 Å². The molecule has 7 heteroatoms. The number of aryl methyl sites for hydroxylation is 1. The summed E-state index contributed by atoms with van der Waals surface area (Å²) in [4.78, 5) is 28.5. The molecule has 2 atom stereocenters. The Hall–Kier alpha value is -2.41. The molecule has 0 aliphatic carbocycles. The number of aromatic nitrogens is 2. The molecule has 0 radical (unpaired) electrons. The lowest BCUT2D eigenvalue weighted by molar-refractivity contribution is -0.131. The fourth-order valence-corrected chi connectivity index (χ4v) is 3.64. The average molecular weight is 328 g/mol. The quantitative estimate of drug-likeness (QED) is 0.771. The maximum atomic E-state index is 13.0. The van der Waals surface area contributed by atoms with E-state index in [2.05, 4.69) is 5.10 Å². The Kier molecular flexibility index (Phi) is 3.53. The van der Waals surface area contributed by atoms with Crippen LogP contribution in [0.2, 0.25) is 0 Å². The van der Waals surface area contributed by atoms with Gasteiger partial charge in [0.05, 0.1) is 30.7 Å². The molecule has 3 heterocycles. The molecule has 2 saturated heterocycles. The highest BCUT2D eigenvalue weighted by Gasteiger charge is 2.42. The molecule has 2 aliphatic rings. The van der Waals surface area contributed by atoms with Crippen molar-refractivity contribution in [3.63, 3.8) is 0 Å². The summed E-state index contributed by atoms with van der Waals surface area (Å²) in [5, 5.41) is 5.26. The minimum Gasteiger partial charge on any atom is -0.374 e. The van der Waals surface area contributed by atoms with Crippen LogP contribution in [0.4, 0.5) is 0 Å². The van der Waals surface area contributed by atoms with Crippen molar-refractivity contribution < 1.29 is 14.3 Å². The largest absolute Gasteiger partial charge is 0.374 e. The van der Waals surface area contributed by atoms with Crippen LogP contribution in [-0.4, -0.2) is 70.3 Å². The first-order chi connectivity index (χ1) is 11.6. The van der Waals surface area contributed by atoms with Gasteiger partial charge in [-0.1, -0.05) is 18.2 Å². The Morgan fingerprint density at radius 3 is 2.88 bits per heavy atom. The van der Waals surface area contributed by atoms with Gasteiger partial charge < -0.3 is 14.5 Å². The molecule has 0 bridgehead atoms. The van der Waals surface area contributed by atoms with Gasteiger partial charge in [0.2, 0.25) is 5.91 Å². The molecule has 0 spiro atoms. The summed E-state index contributed by atoms with van der Waals surface area (Å²) in [5.41, 5.74) is 1.39. The highest BCUT2D eigenvalue weighted by Crippen LogP contribution is 2.25. The Bertz CT molecular complexity index is 815. The van der Waals surface area contributed by atoms with Crippen molar-refractivity contribution in [2.45, 2.75) is 18.6 Å². The zero-order chi connectivity index (χ0) is 16.8. The molecule has 2 aliphatic heterocycles. The zero-order valence-electron chi connectivity index (χ0n) is 13.8. The number of hydrogen-bond acceptors (Lipinski definition) is 4. The Balaban J connectivity index is 1.63. The molecule has 4 rings (SSSR count). The molecule has 0 N–H and O–H groups in total. The SMILES string of the molecule is CN1C(=O)CCO[C@H]2CN(C(=O)c3nn(C)c4ccccc34)C[C@@H]21. The molecule has 7 nitrogen and oxygen atoms in total. The highest BCUT2D eigenvalue weighted by molar-refractivity contribution is 6.05. The second kappa shape index (κ2) is 5.59. The third-order valence-corrected chi connectivity index (χ3v) is 5.02. The predicted molar refractivity (Wildman–Crippen MR) is 87.5 cm³/mol. The van der Waals surface area contributed by atoms with Crippen molar-refractivity contribution in [2.24, 2.45) is 7.05 Å². The lowest BCUT2D eigenvalue weighted by atomic mass is 10.2. The fraction of sp³-hybridized carbons (Fsp3) is 0.471. The molecule has 2 fully saturated rings. The number of likely N-dealkylation sites (tertiary alicyclic amines) is 1. The number of fused-ring (bicyclic) bond motifs is 2. The summed E-state index contributed by atoms with van der Waals surface area (Å²) in [7, 11) is 3.63. The normalized spacial score (nSPS) is 24.3. The van der Waals surface area contributed by atoms with E-state index in [1.807, 2.05) is 31.3 Å². The Morgan fingerprint density at radius 1 is 1.25 bits per heavy atom. The fourth-order valence-electron chi connectivity index (χ4n) is 3.64. The van der Waals surface area contributed by atoms with Crippen molar-refractivity contribution in [3.05, 3.63) is 30.0 Å². The van der Waals surface area contributed by atoms with Crippen molar-refractivity contribution in [2.75, 3.05) is 26.7 Å². The molecule has 2 amide bonds. The van der Waals surface area contributed by atoms with Crippen LogP contribution >= 0.6 is 0 Å². The van der Waals surface area contributed by atoms with Crippen LogP contribution < -0.4 is 0 Å². The van der Waals surface area contributed by atoms with Gasteiger partial charge in [0.15, 0.2) is 5.69 Å². The van der Waals surface area contributed by atoms with Crippen LogP contribution in [0.15, 0.2) is 24.3 Å². The molecule has 0 saturated carbocycles. The minimum atomic E-state index is -0.125. The van der Waals surface area contributed by atoms with E-state index in [1.165, 1.54) is 0 Å². The van der Waals surface area contributed by atoms with Gasteiger partial charge in [-0.15, -0.1) is 0 Å². The first-order valence-electron chi connectivity index (χ1n) is 8.14. The van der Waals surface area contributed by atoms with Gasteiger partial charge in [0.1, 0.15) is 0 Å². The zero-order valence-corrected chi connectivity index (χ0v) is 13.8. The summed E-state index contributed by atoms with van der Waals surface area (Å²) >= 11 is 0. The summed E-state index contributed by atoms with van der Waals surface area (Å²) < 4.78 is 7.52. The highest BCUT2D eigenvalue weighted by atomic mass is 16.5. The van der Waals surface area contributed by atoms with E-state index in [-0.39, 0.29) is 24.0 Å².